The summed E-state index contributed by atoms with van der Waals surface area (Å²) in [7, 11) is 0. The highest BCUT2D eigenvalue weighted by molar-refractivity contribution is 6.07. The van der Waals surface area contributed by atoms with Crippen LogP contribution < -0.4 is 10.6 Å². The lowest BCUT2D eigenvalue weighted by Gasteiger charge is -2.24. The lowest BCUT2D eigenvalue weighted by molar-refractivity contribution is -0.136. The van der Waals surface area contributed by atoms with Crippen LogP contribution in [0.15, 0.2) is 30.3 Å². The zero-order valence-corrected chi connectivity index (χ0v) is 17.8. The van der Waals surface area contributed by atoms with E-state index < -0.39 is 17.6 Å². The third-order valence-corrected chi connectivity index (χ3v) is 6.60. The van der Waals surface area contributed by atoms with Gasteiger partial charge in [-0.1, -0.05) is 43.2 Å². The van der Waals surface area contributed by atoms with Gasteiger partial charge < -0.3 is 15.5 Å². The van der Waals surface area contributed by atoms with Crippen molar-refractivity contribution < 1.29 is 19.2 Å². The van der Waals surface area contributed by atoms with Gasteiger partial charge in [0.25, 0.3) is 5.91 Å². The van der Waals surface area contributed by atoms with E-state index >= 15 is 0 Å². The molecule has 2 N–H and O–H groups in total. The SMILES string of the molecule is O=C(CCN1C(=O)NC2(CCCC2)C1=O)NC(Cc1ccccc1)C(=O)N1CCCC1. The quantitative estimate of drug-likeness (QED) is 0.647. The van der Waals surface area contributed by atoms with Crippen molar-refractivity contribution >= 4 is 23.8 Å². The predicted octanol–water partition coefficient (Wildman–Crippen LogP) is 1.59. The van der Waals surface area contributed by atoms with Crippen LogP contribution in [0.3, 0.4) is 0 Å². The van der Waals surface area contributed by atoms with Crippen LogP contribution in [0.5, 0.6) is 0 Å². The normalized spacial score (nSPS) is 20.9. The molecule has 8 nitrogen and oxygen atoms in total. The Morgan fingerprint density at radius 3 is 2.39 bits per heavy atom. The van der Waals surface area contributed by atoms with Crippen LogP contribution in [0, 0.1) is 0 Å². The van der Waals surface area contributed by atoms with Crippen molar-refractivity contribution in [2.24, 2.45) is 0 Å². The highest BCUT2D eigenvalue weighted by atomic mass is 16.2. The Kier molecular flexibility index (Phi) is 6.25. The van der Waals surface area contributed by atoms with Crippen molar-refractivity contribution in [3.05, 3.63) is 35.9 Å². The smallest absolute Gasteiger partial charge is 0.325 e. The number of hydrogen-bond donors (Lipinski definition) is 2. The fraction of sp³-hybridized carbons (Fsp3) is 0.565. The van der Waals surface area contributed by atoms with Crippen LogP contribution in [-0.4, -0.2) is 64.8 Å². The summed E-state index contributed by atoms with van der Waals surface area (Å²) in [5.74, 6) is -0.632. The molecular weight excluding hydrogens is 396 g/mol. The minimum atomic E-state index is -0.769. The fourth-order valence-corrected chi connectivity index (χ4v) is 4.88. The summed E-state index contributed by atoms with van der Waals surface area (Å²) < 4.78 is 0. The number of carbonyl (C=O) groups is 4. The van der Waals surface area contributed by atoms with Crippen LogP contribution in [-0.2, 0) is 20.8 Å². The number of benzene rings is 1. The molecule has 166 valence electrons. The molecule has 0 bridgehead atoms. The van der Waals surface area contributed by atoms with Crippen LogP contribution >= 0.6 is 0 Å². The van der Waals surface area contributed by atoms with Crippen molar-refractivity contribution in [1.29, 1.82) is 0 Å². The standard InChI is InChI=1S/C23H30N4O4/c28-19(10-15-27-21(30)23(25-22(27)31)11-4-5-12-23)24-18(16-17-8-2-1-3-9-17)20(29)26-13-6-7-14-26/h1-3,8-9,18H,4-7,10-16H2,(H,24,28)(H,25,31). The number of carbonyl (C=O) groups excluding carboxylic acids is 4. The number of amides is 5. The van der Waals surface area contributed by atoms with E-state index in [2.05, 4.69) is 10.6 Å². The Bertz CT molecular complexity index is 844. The van der Waals surface area contributed by atoms with Crippen molar-refractivity contribution in [3.63, 3.8) is 0 Å². The van der Waals surface area contributed by atoms with Gasteiger partial charge in [-0.3, -0.25) is 19.3 Å². The summed E-state index contributed by atoms with van der Waals surface area (Å²) in [6.45, 7) is 1.45. The van der Waals surface area contributed by atoms with Crippen molar-refractivity contribution in [2.45, 2.75) is 62.9 Å². The lowest BCUT2D eigenvalue weighted by atomic mass is 9.98. The first-order valence-electron chi connectivity index (χ1n) is 11.2. The van der Waals surface area contributed by atoms with E-state index in [4.69, 9.17) is 0 Å². The molecule has 31 heavy (non-hydrogen) atoms. The van der Waals surface area contributed by atoms with Gasteiger partial charge in [0, 0.05) is 32.5 Å². The molecule has 4 rings (SSSR count). The second-order valence-corrected chi connectivity index (χ2v) is 8.77. The van der Waals surface area contributed by atoms with Gasteiger partial charge in [0.1, 0.15) is 11.6 Å². The van der Waals surface area contributed by atoms with E-state index in [9.17, 15) is 19.2 Å². The van der Waals surface area contributed by atoms with Gasteiger partial charge in [-0.05, 0) is 31.2 Å². The number of nitrogens with zero attached hydrogens (tertiary/aromatic N) is 2. The summed E-state index contributed by atoms with van der Waals surface area (Å²) in [4.78, 5) is 53.7. The third kappa shape index (κ3) is 4.57. The van der Waals surface area contributed by atoms with Crippen molar-refractivity contribution in [1.82, 2.24) is 20.4 Å². The van der Waals surface area contributed by atoms with Crippen molar-refractivity contribution in [2.75, 3.05) is 19.6 Å². The summed E-state index contributed by atoms with van der Waals surface area (Å²) in [5, 5.41) is 5.68. The largest absolute Gasteiger partial charge is 0.344 e. The van der Waals surface area contributed by atoms with Crippen LogP contribution in [0.25, 0.3) is 0 Å². The second-order valence-electron chi connectivity index (χ2n) is 8.77. The molecule has 1 unspecified atom stereocenters. The molecule has 2 aliphatic heterocycles. The highest BCUT2D eigenvalue weighted by Crippen LogP contribution is 2.35. The average Bonchev–Trinajstić information content (AvgIpc) is 3.50. The molecule has 1 aromatic carbocycles. The maximum Gasteiger partial charge on any atom is 0.325 e. The number of hydrogen-bond acceptors (Lipinski definition) is 4. The molecule has 3 aliphatic rings. The van der Waals surface area contributed by atoms with Gasteiger partial charge in [0.05, 0.1) is 0 Å². The van der Waals surface area contributed by atoms with E-state index in [0.717, 1.165) is 36.1 Å². The van der Waals surface area contributed by atoms with E-state index in [1.165, 1.54) is 0 Å². The number of urea groups is 1. The zero-order chi connectivity index (χ0) is 21.8. The zero-order valence-electron chi connectivity index (χ0n) is 17.8. The minimum absolute atomic E-state index is 0.0200. The minimum Gasteiger partial charge on any atom is -0.344 e. The molecule has 1 aromatic rings. The monoisotopic (exact) mass is 426 g/mol. The first-order valence-corrected chi connectivity index (χ1v) is 11.2. The molecule has 1 saturated carbocycles. The molecule has 5 amide bonds. The van der Waals surface area contributed by atoms with Gasteiger partial charge in [-0.15, -0.1) is 0 Å². The Balaban J connectivity index is 1.37. The van der Waals surface area contributed by atoms with Gasteiger partial charge >= 0.3 is 6.03 Å². The van der Waals surface area contributed by atoms with Gasteiger partial charge in [0.15, 0.2) is 0 Å². The topological polar surface area (TPSA) is 98.8 Å². The lowest BCUT2D eigenvalue weighted by Crippen LogP contribution is -2.49. The van der Waals surface area contributed by atoms with Crippen LogP contribution in [0.1, 0.15) is 50.5 Å². The Hall–Kier alpha value is -2.90. The Morgan fingerprint density at radius 1 is 1.03 bits per heavy atom. The molecule has 1 aliphatic carbocycles. The molecular formula is C23H30N4O4. The van der Waals surface area contributed by atoms with Crippen LogP contribution in [0.4, 0.5) is 4.79 Å². The van der Waals surface area contributed by atoms with Gasteiger partial charge in [-0.25, -0.2) is 4.79 Å². The molecule has 0 radical (unpaired) electrons. The van der Waals surface area contributed by atoms with E-state index in [0.29, 0.717) is 32.4 Å². The van der Waals surface area contributed by atoms with Gasteiger partial charge in [0.2, 0.25) is 11.8 Å². The summed E-state index contributed by atoms with van der Waals surface area (Å²) in [6, 6.07) is 8.52. The molecule has 2 saturated heterocycles. The molecule has 2 heterocycles. The summed E-state index contributed by atoms with van der Waals surface area (Å²) in [6.07, 6.45) is 5.49. The highest BCUT2D eigenvalue weighted by Gasteiger charge is 2.52. The fourth-order valence-electron chi connectivity index (χ4n) is 4.88. The first-order chi connectivity index (χ1) is 15.0. The Labute approximate surface area is 182 Å². The number of nitrogens with one attached hydrogen (secondary N) is 2. The van der Waals surface area contributed by atoms with E-state index in [-0.39, 0.29) is 30.7 Å². The predicted molar refractivity (Wildman–Crippen MR) is 114 cm³/mol. The van der Waals surface area contributed by atoms with Gasteiger partial charge in [-0.2, -0.15) is 0 Å². The first kappa shape index (κ1) is 21.3. The molecule has 3 fully saturated rings. The number of likely N-dealkylation sites (tertiary alicyclic amines) is 1. The van der Waals surface area contributed by atoms with E-state index in [1.54, 1.807) is 4.90 Å². The number of rotatable bonds is 7. The maximum absolute atomic E-state index is 13.0. The molecule has 1 spiro atoms. The third-order valence-electron chi connectivity index (χ3n) is 6.60. The molecule has 0 aromatic heterocycles. The molecule has 1 atom stereocenters. The summed E-state index contributed by atoms with van der Waals surface area (Å²) in [5.41, 5.74) is 0.201. The average molecular weight is 427 g/mol. The van der Waals surface area contributed by atoms with E-state index in [1.807, 2.05) is 30.3 Å². The second kappa shape index (κ2) is 9.08. The maximum atomic E-state index is 13.0. The van der Waals surface area contributed by atoms with Crippen molar-refractivity contribution in [3.8, 4) is 0 Å². The Morgan fingerprint density at radius 2 is 1.71 bits per heavy atom. The molecule has 8 heteroatoms. The number of imide groups is 1. The van der Waals surface area contributed by atoms with Crippen LogP contribution in [0.2, 0.25) is 0 Å². The summed E-state index contributed by atoms with van der Waals surface area (Å²) >= 11 is 0.